The van der Waals surface area contributed by atoms with Crippen molar-refractivity contribution in [2.24, 2.45) is 12.1 Å². The molecule has 0 radical (unpaired) electrons. The average Bonchev–Trinajstić information content (AvgIpc) is 3.10. The predicted octanol–water partition coefficient (Wildman–Crippen LogP) is 3.23. The van der Waals surface area contributed by atoms with Crippen molar-refractivity contribution in [2.75, 3.05) is 27.1 Å². The summed E-state index contributed by atoms with van der Waals surface area (Å²) in [5.41, 5.74) is 5.86. The highest BCUT2D eigenvalue weighted by Gasteiger charge is 2.12. The maximum Gasteiger partial charge on any atom is 0.250 e. The van der Waals surface area contributed by atoms with Gasteiger partial charge in [-0.2, -0.15) is 5.10 Å². The van der Waals surface area contributed by atoms with Crippen LogP contribution in [0.2, 0.25) is 0 Å². The number of aryl methyl sites for hydroxylation is 1. The summed E-state index contributed by atoms with van der Waals surface area (Å²) in [4.78, 5) is 16.8. The number of hydrazone groups is 1. The van der Waals surface area contributed by atoms with Gasteiger partial charge in [-0.15, -0.1) is 0 Å². The number of nitrogens with one attached hydrogen (secondary N) is 1. The Hall–Kier alpha value is -3.20. The van der Waals surface area contributed by atoms with Crippen molar-refractivity contribution >= 4 is 34.4 Å². The summed E-state index contributed by atoms with van der Waals surface area (Å²) in [5, 5.41) is 4.93. The third-order valence-electron chi connectivity index (χ3n) is 4.53. The van der Waals surface area contributed by atoms with E-state index in [1.165, 1.54) is 11.8 Å². The number of carbonyl (C=O) groups excluding carboxylic acids is 1. The van der Waals surface area contributed by atoms with Gasteiger partial charge in [-0.3, -0.25) is 4.79 Å². The Kier molecular flexibility index (Phi) is 6.83. The molecule has 0 bridgehead atoms. The fourth-order valence-corrected chi connectivity index (χ4v) is 3.63. The molecule has 158 valence electrons. The number of ether oxygens (including phenoxy) is 3. The maximum absolute atomic E-state index is 12.3. The third kappa shape index (κ3) is 4.68. The molecule has 1 aromatic heterocycles. The summed E-state index contributed by atoms with van der Waals surface area (Å²) in [6.07, 6.45) is 0. The predicted molar refractivity (Wildman–Crippen MR) is 118 cm³/mol. The molecule has 0 saturated carbocycles. The van der Waals surface area contributed by atoms with Gasteiger partial charge in [0.2, 0.25) is 0 Å². The summed E-state index contributed by atoms with van der Waals surface area (Å²) in [5.74, 6) is 1.95. The lowest BCUT2D eigenvalue weighted by atomic mass is 10.1. The number of methoxy groups -OCH3 is 3. The maximum atomic E-state index is 12.3. The van der Waals surface area contributed by atoms with Gasteiger partial charge in [0.25, 0.3) is 5.91 Å². The highest BCUT2D eigenvalue weighted by Crippen LogP contribution is 2.28. The Morgan fingerprint density at radius 1 is 1.10 bits per heavy atom. The number of rotatable bonds is 8. The first kappa shape index (κ1) is 21.5. The number of carbonyl (C=O) groups is 1. The van der Waals surface area contributed by atoms with E-state index in [9.17, 15) is 4.79 Å². The minimum Gasteiger partial charge on any atom is -0.497 e. The SMILES string of the molecule is COc1ccc2c(c1)nc(SCC(=O)N/N=C(\C)c1ccc(OC)c(OC)c1)n2C. The lowest BCUT2D eigenvalue weighted by molar-refractivity contribution is -0.118. The first-order chi connectivity index (χ1) is 14.5. The Labute approximate surface area is 179 Å². The lowest BCUT2D eigenvalue weighted by Gasteiger charge is -2.09. The minimum absolute atomic E-state index is 0.191. The molecule has 1 heterocycles. The van der Waals surface area contributed by atoms with E-state index in [1.807, 2.05) is 48.9 Å². The molecule has 0 fully saturated rings. The van der Waals surface area contributed by atoms with Gasteiger partial charge < -0.3 is 18.8 Å². The van der Waals surface area contributed by atoms with Gasteiger partial charge in [-0.25, -0.2) is 10.4 Å². The second kappa shape index (κ2) is 9.53. The number of hydrogen-bond donors (Lipinski definition) is 1. The molecule has 0 aliphatic heterocycles. The average molecular weight is 429 g/mol. The zero-order valence-electron chi connectivity index (χ0n) is 17.6. The van der Waals surface area contributed by atoms with Gasteiger partial charge in [0.05, 0.1) is 43.8 Å². The molecule has 8 nitrogen and oxygen atoms in total. The monoisotopic (exact) mass is 428 g/mol. The number of amides is 1. The third-order valence-corrected chi connectivity index (χ3v) is 5.56. The molecule has 0 unspecified atom stereocenters. The number of imidazole rings is 1. The Morgan fingerprint density at radius 3 is 2.57 bits per heavy atom. The van der Waals surface area contributed by atoms with Crippen LogP contribution >= 0.6 is 11.8 Å². The van der Waals surface area contributed by atoms with Crippen molar-refractivity contribution in [1.29, 1.82) is 0 Å². The number of thioether (sulfide) groups is 1. The van der Waals surface area contributed by atoms with Crippen LogP contribution in [0, 0.1) is 0 Å². The van der Waals surface area contributed by atoms with Gasteiger partial charge in [0, 0.05) is 18.7 Å². The van der Waals surface area contributed by atoms with Crippen LogP contribution in [0.5, 0.6) is 17.2 Å². The Bertz CT molecular complexity index is 1090. The van der Waals surface area contributed by atoms with E-state index in [0.29, 0.717) is 17.2 Å². The molecule has 9 heteroatoms. The Morgan fingerprint density at radius 2 is 1.87 bits per heavy atom. The summed E-state index contributed by atoms with van der Waals surface area (Å²) in [6.45, 7) is 1.81. The van der Waals surface area contributed by atoms with Gasteiger partial charge >= 0.3 is 0 Å². The van der Waals surface area contributed by atoms with E-state index in [1.54, 1.807) is 27.4 Å². The van der Waals surface area contributed by atoms with Crippen LogP contribution in [-0.2, 0) is 11.8 Å². The van der Waals surface area contributed by atoms with Crippen LogP contribution < -0.4 is 19.6 Å². The minimum atomic E-state index is -0.218. The van der Waals surface area contributed by atoms with E-state index in [-0.39, 0.29) is 11.7 Å². The molecule has 1 amide bonds. The second-order valence-electron chi connectivity index (χ2n) is 6.40. The lowest BCUT2D eigenvalue weighted by Crippen LogP contribution is -2.21. The quantitative estimate of drug-likeness (QED) is 0.337. The van der Waals surface area contributed by atoms with E-state index in [0.717, 1.165) is 27.5 Å². The first-order valence-electron chi connectivity index (χ1n) is 9.15. The van der Waals surface area contributed by atoms with Crippen LogP contribution in [0.15, 0.2) is 46.7 Å². The first-order valence-corrected chi connectivity index (χ1v) is 10.1. The molecule has 3 aromatic rings. The molecule has 2 aromatic carbocycles. The van der Waals surface area contributed by atoms with Crippen molar-refractivity contribution in [1.82, 2.24) is 15.0 Å². The van der Waals surface area contributed by atoms with E-state index in [4.69, 9.17) is 14.2 Å². The molecule has 1 N–H and O–H groups in total. The van der Waals surface area contributed by atoms with E-state index < -0.39 is 0 Å². The summed E-state index contributed by atoms with van der Waals surface area (Å²) in [7, 11) is 6.69. The van der Waals surface area contributed by atoms with Crippen LogP contribution in [0.25, 0.3) is 11.0 Å². The van der Waals surface area contributed by atoms with Crippen molar-refractivity contribution in [3.8, 4) is 17.2 Å². The van der Waals surface area contributed by atoms with Crippen LogP contribution in [0.1, 0.15) is 12.5 Å². The molecule has 0 aliphatic carbocycles. The van der Waals surface area contributed by atoms with Crippen molar-refractivity contribution < 1.29 is 19.0 Å². The molecule has 0 aliphatic rings. The van der Waals surface area contributed by atoms with Crippen molar-refractivity contribution in [2.45, 2.75) is 12.1 Å². The van der Waals surface area contributed by atoms with Crippen LogP contribution in [-0.4, -0.2) is 48.3 Å². The fourth-order valence-electron chi connectivity index (χ4n) is 2.85. The van der Waals surface area contributed by atoms with Gasteiger partial charge in [0.1, 0.15) is 5.75 Å². The zero-order chi connectivity index (χ0) is 21.7. The number of fused-ring (bicyclic) bond motifs is 1. The second-order valence-corrected chi connectivity index (χ2v) is 7.34. The number of aromatic nitrogens is 2. The topological polar surface area (TPSA) is 87.0 Å². The van der Waals surface area contributed by atoms with E-state index in [2.05, 4.69) is 15.5 Å². The molecular weight excluding hydrogens is 404 g/mol. The molecule has 0 saturated heterocycles. The van der Waals surface area contributed by atoms with Gasteiger partial charge in [-0.05, 0) is 37.3 Å². The summed E-state index contributed by atoms with van der Waals surface area (Å²) < 4.78 is 17.7. The molecule has 0 spiro atoms. The van der Waals surface area contributed by atoms with Crippen LogP contribution in [0.3, 0.4) is 0 Å². The number of hydrogen-bond acceptors (Lipinski definition) is 7. The Balaban J connectivity index is 1.63. The highest BCUT2D eigenvalue weighted by molar-refractivity contribution is 7.99. The standard InChI is InChI=1S/C21H24N4O4S/c1-13(14-6-9-18(28-4)19(10-14)29-5)23-24-20(26)12-30-21-22-16-11-15(27-3)7-8-17(16)25(21)2/h6-11H,12H2,1-5H3,(H,24,26)/b23-13+. The fraction of sp³-hybridized carbons (Fsp3) is 0.286. The van der Waals surface area contributed by atoms with Crippen molar-refractivity contribution in [3.63, 3.8) is 0 Å². The zero-order valence-corrected chi connectivity index (χ0v) is 18.4. The number of nitrogens with zero attached hydrogens (tertiary/aromatic N) is 3. The molecule has 0 atom stereocenters. The highest BCUT2D eigenvalue weighted by atomic mass is 32.2. The normalized spacial score (nSPS) is 11.4. The van der Waals surface area contributed by atoms with Gasteiger partial charge in [-0.1, -0.05) is 11.8 Å². The smallest absolute Gasteiger partial charge is 0.250 e. The largest absolute Gasteiger partial charge is 0.497 e. The summed E-state index contributed by atoms with van der Waals surface area (Å²) in [6, 6.07) is 11.2. The molecular formula is C21H24N4O4S. The molecule has 3 rings (SSSR count). The van der Waals surface area contributed by atoms with Gasteiger partial charge in [0.15, 0.2) is 16.7 Å². The molecule has 30 heavy (non-hydrogen) atoms. The van der Waals surface area contributed by atoms with Crippen molar-refractivity contribution in [3.05, 3.63) is 42.0 Å². The summed E-state index contributed by atoms with van der Waals surface area (Å²) >= 11 is 1.35. The van der Waals surface area contributed by atoms with Crippen LogP contribution in [0.4, 0.5) is 0 Å². The van der Waals surface area contributed by atoms with E-state index >= 15 is 0 Å². The number of benzene rings is 2.